The second-order valence-corrected chi connectivity index (χ2v) is 39.8. The summed E-state index contributed by atoms with van der Waals surface area (Å²) in [7, 11) is 0. The Labute approximate surface area is 817 Å². The minimum Gasteiger partial charge on any atom is -0.491 e. The van der Waals surface area contributed by atoms with Crippen molar-refractivity contribution in [1.29, 1.82) is 0 Å². The number of hydrogen-bond donors (Lipinski definition) is 0. The van der Waals surface area contributed by atoms with Gasteiger partial charge in [-0.3, -0.25) is 0 Å². The molecule has 0 radical (unpaired) electrons. The molecule has 8 aliphatic rings. The highest BCUT2D eigenvalue weighted by Gasteiger charge is 2.47. The Hall–Kier alpha value is -8.48. The Bertz CT molecular complexity index is 4830. The third-order valence-corrected chi connectivity index (χ3v) is 26.7. The smallest absolute Gasteiger partial charge is 0.424 e. The molecule has 776 valence electrons. The lowest BCUT2D eigenvalue weighted by atomic mass is 9.95. The summed E-state index contributed by atoms with van der Waals surface area (Å²) < 4.78 is 280. The van der Waals surface area contributed by atoms with E-state index < -0.39 is 82.5 Å². The number of alkyl halides is 4. The highest BCUT2D eigenvalue weighted by Crippen LogP contribution is 2.39. The molecule has 0 spiro atoms. The van der Waals surface area contributed by atoms with Gasteiger partial charge in [-0.05, 0) is 324 Å². The normalized spacial score (nSPS) is 24.7. The number of halogens is 16. The molecule has 8 fully saturated rings. The van der Waals surface area contributed by atoms with Crippen molar-refractivity contribution in [2.75, 3.05) is 66.1 Å². The van der Waals surface area contributed by atoms with Crippen LogP contribution < -0.4 is 18.9 Å². The van der Waals surface area contributed by atoms with E-state index in [1.807, 2.05) is 38.1 Å². The predicted octanol–water partition coefficient (Wildman–Crippen LogP) is 30.1. The fourth-order valence-electron chi connectivity index (χ4n) is 16.5. The summed E-state index contributed by atoms with van der Waals surface area (Å²) in [6.45, 7) is 35.3. The van der Waals surface area contributed by atoms with Crippen molar-refractivity contribution in [2.24, 2.45) is 47.3 Å². The van der Waals surface area contributed by atoms with Gasteiger partial charge in [0.25, 0.3) is 0 Å². The average molecular weight is 1990 g/mol. The van der Waals surface area contributed by atoms with Crippen molar-refractivity contribution >= 4 is 0 Å². The van der Waals surface area contributed by atoms with E-state index in [1.165, 1.54) is 108 Å². The summed E-state index contributed by atoms with van der Waals surface area (Å²) in [5, 5.41) is 0. The number of hydrogen-bond acceptors (Lipinski definition) is 12. The van der Waals surface area contributed by atoms with Gasteiger partial charge >= 0.3 is 12.2 Å². The minimum absolute atomic E-state index is 0.0186. The van der Waals surface area contributed by atoms with Gasteiger partial charge in [-0.25, -0.2) is 52.7 Å². The van der Waals surface area contributed by atoms with Crippen LogP contribution in [-0.4, -0.2) is 115 Å². The molecule has 16 unspecified atom stereocenters. The highest BCUT2D eigenvalue weighted by atomic mass is 19.3. The molecule has 16 atom stereocenters. The van der Waals surface area contributed by atoms with Crippen LogP contribution in [0.3, 0.4) is 0 Å². The lowest BCUT2D eigenvalue weighted by Gasteiger charge is -2.32. The van der Waals surface area contributed by atoms with Crippen LogP contribution in [0.1, 0.15) is 250 Å². The second-order valence-electron chi connectivity index (χ2n) is 39.8. The standard InChI is InChI=1S/C15H20F2O.C15H21FO.C14H16F4O2.C14H17F3O2.C14H18F2O2.C14H19FO2.C13H16F2O.C13H17FO/c1-10-3-5-13(18-9-10)6-4-12-7-14(16)11(2)15(17)8-12;1-11-3-7-14(17-10-11)8-6-13-5-4-12(2)15(16)9-13;1-8-3-4-13(19-7-8)14(17,18)20-10-5-11(15)9(2)12(16)6-10;1-9-3-6-13(18-8-9)14(16,17)19-11-5-4-10(2)12(15)7-11;1-9-3-4-11(17-7-9)8-18-12-5-13(15)10(2)14(16)6-12;1-10-3-5-13(16-8-10)9-17-12-6-4-11(2)14(15)7-12;1-8-3-4-13(16-7-8)10-5-11(14)9(2)12(15)6-10;1-9-3-6-13(15-8-9)11-5-4-10(2)12(14)7-11/h7-8,10,13H,3-6,9H2,1-2H3;4-5,9,11,14H,3,6-8,10H2,1-2H3;5-6,8,13H,3-4,7H2,1-2H3;4-5,7,9,13H,3,6,8H2,1-2H3;5-6,9,11H,3-4,7-8H2,1-2H3;4,6-7,10,13H,3,5,8-9H2,1-2H3;5-6,8,13H,3-4,7H2,1-2H3;4-5,7,9,13H,3,6,8H2,1-2H3. The van der Waals surface area contributed by atoms with E-state index in [0.29, 0.717) is 115 Å². The predicted molar refractivity (Wildman–Crippen MR) is 511 cm³/mol. The van der Waals surface area contributed by atoms with E-state index in [-0.39, 0.29) is 113 Å². The molecule has 28 heteroatoms. The number of benzene rings is 8. The summed E-state index contributed by atoms with van der Waals surface area (Å²) in [4.78, 5) is 0. The van der Waals surface area contributed by atoms with Crippen LogP contribution in [0.15, 0.2) is 121 Å². The van der Waals surface area contributed by atoms with Gasteiger partial charge in [0.05, 0.1) is 49.8 Å². The second kappa shape index (κ2) is 56.1. The zero-order valence-corrected chi connectivity index (χ0v) is 83.9. The van der Waals surface area contributed by atoms with Gasteiger partial charge in [0.1, 0.15) is 106 Å². The van der Waals surface area contributed by atoms with Crippen molar-refractivity contribution in [3.8, 4) is 23.0 Å². The highest BCUT2D eigenvalue weighted by molar-refractivity contribution is 5.34. The number of aryl methyl sites for hydroxylation is 6. The van der Waals surface area contributed by atoms with E-state index in [0.717, 1.165) is 144 Å². The third-order valence-electron chi connectivity index (χ3n) is 26.7. The Balaban J connectivity index is 0.000000179. The zero-order chi connectivity index (χ0) is 102. The van der Waals surface area contributed by atoms with Gasteiger partial charge in [-0.2, -0.15) is 17.6 Å². The Morgan fingerprint density at radius 2 is 0.521 bits per heavy atom. The molecular weight excluding hydrogens is 1840 g/mol. The van der Waals surface area contributed by atoms with Crippen molar-refractivity contribution in [3.05, 3.63) is 258 Å². The van der Waals surface area contributed by atoms with Gasteiger partial charge in [0, 0.05) is 98.3 Å². The topological polar surface area (TPSA) is 111 Å². The van der Waals surface area contributed by atoms with E-state index >= 15 is 0 Å². The molecular formula is C112H144F16O12. The lowest BCUT2D eigenvalue weighted by molar-refractivity contribution is -0.264. The molecule has 0 aromatic heterocycles. The van der Waals surface area contributed by atoms with E-state index in [1.54, 1.807) is 52.0 Å². The van der Waals surface area contributed by atoms with Crippen molar-refractivity contribution in [1.82, 2.24) is 0 Å². The van der Waals surface area contributed by atoms with Gasteiger partial charge in [-0.15, -0.1) is 0 Å². The first-order chi connectivity index (χ1) is 66.3. The zero-order valence-electron chi connectivity index (χ0n) is 83.9. The molecule has 0 N–H and O–H groups in total. The van der Waals surface area contributed by atoms with E-state index in [4.69, 9.17) is 47.4 Å². The first kappa shape index (κ1) is 115. The molecule has 0 amide bonds. The fraction of sp³-hybridized carbons (Fsp3) is 0.571. The SMILES string of the molecule is Cc1c(F)cc(C2CCC(C)CO2)cc1F.Cc1c(F)cc(CCC2CCC(C)CO2)cc1F.Cc1c(F)cc(OC(F)(F)C2CCC(C)CO2)cc1F.Cc1c(F)cc(OCC2CCC(C)CO2)cc1F.Cc1ccc(C2CCC(C)CO2)cc1F.Cc1ccc(CCC2CCC(C)CO2)cc1F.Cc1ccc(OC(F)(F)C2CCC(C)CO2)cc1F.Cc1ccc(OCC2CCC(C)CO2)cc1F. The van der Waals surface area contributed by atoms with Gasteiger partial charge < -0.3 is 56.8 Å². The largest absolute Gasteiger partial charge is 0.491 e. The van der Waals surface area contributed by atoms with Crippen molar-refractivity contribution < 1.29 is 127 Å². The maximum Gasteiger partial charge on any atom is 0.424 e. The Morgan fingerprint density at radius 3 is 0.879 bits per heavy atom. The van der Waals surface area contributed by atoms with E-state index in [9.17, 15) is 70.2 Å². The summed E-state index contributed by atoms with van der Waals surface area (Å²) in [6, 6.07) is 29.2. The van der Waals surface area contributed by atoms with E-state index in [2.05, 4.69) is 51.0 Å². The first-order valence-corrected chi connectivity index (χ1v) is 49.5. The van der Waals surface area contributed by atoms with Crippen molar-refractivity contribution in [2.45, 2.75) is 300 Å². The first-order valence-electron chi connectivity index (χ1n) is 49.5. The molecule has 8 aromatic rings. The van der Waals surface area contributed by atoms with Crippen LogP contribution in [0.5, 0.6) is 23.0 Å². The Kier molecular flexibility index (Phi) is 46.1. The monoisotopic (exact) mass is 1990 g/mol. The van der Waals surface area contributed by atoms with Crippen LogP contribution >= 0.6 is 0 Å². The summed E-state index contributed by atoms with van der Waals surface area (Å²) >= 11 is 0. The maximum atomic E-state index is 13.9. The summed E-state index contributed by atoms with van der Waals surface area (Å²) in [5.74, 6) is -1.61. The molecule has 0 saturated carbocycles. The summed E-state index contributed by atoms with van der Waals surface area (Å²) in [5.41, 5.74) is 5.80. The number of ether oxygens (including phenoxy) is 12. The van der Waals surface area contributed by atoms with Gasteiger partial charge in [-0.1, -0.05) is 91.8 Å². The van der Waals surface area contributed by atoms with Crippen molar-refractivity contribution in [3.63, 3.8) is 0 Å². The molecule has 8 heterocycles. The molecule has 0 aliphatic carbocycles. The molecule has 0 bridgehead atoms. The van der Waals surface area contributed by atoms with Crippen LogP contribution in [0.4, 0.5) is 70.2 Å². The molecule has 12 nitrogen and oxygen atoms in total. The Morgan fingerprint density at radius 1 is 0.250 bits per heavy atom. The lowest BCUT2D eigenvalue weighted by Crippen LogP contribution is -2.44. The average Bonchev–Trinajstić information content (AvgIpc) is 0.812. The van der Waals surface area contributed by atoms with Crippen LogP contribution in [0.25, 0.3) is 0 Å². The number of rotatable bonds is 20. The fourth-order valence-corrected chi connectivity index (χ4v) is 16.5. The van der Waals surface area contributed by atoms with Gasteiger partial charge in [0.15, 0.2) is 12.2 Å². The van der Waals surface area contributed by atoms with Crippen LogP contribution in [-0.2, 0) is 50.7 Å². The molecule has 8 saturated heterocycles. The molecule has 8 aromatic carbocycles. The molecule has 140 heavy (non-hydrogen) atoms. The van der Waals surface area contributed by atoms with Crippen LogP contribution in [0.2, 0.25) is 0 Å². The van der Waals surface area contributed by atoms with Gasteiger partial charge in [0.2, 0.25) is 0 Å². The molecule has 16 rings (SSSR count). The quantitative estimate of drug-likeness (QED) is 0.0678. The minimum atomic E-state index is -3.62. The summed E-state index contributed by atoms with van der Waals surface area (Å²) in [6.07, 6.45) is 9.01. The molecule has 8 aliphatic heterocycles. The third kappa shape index (κ3) is 37.9. The maximum absolute atomic E-state index is 13.9. The van der Waals surface area contributed by atoms with Crippen LogP contribution in [0, 0.1) is 173 Å².